The number of anilines is 2. The fourth-order valence-corrected chi connectivity index (χ4v) is 2.77. The van der Waals surface area contributed by atoms with Gasteiger partial charge >= 0.3 is 0 Å². The molecule has 0 amide bonds. The van der Waals surface area contributed by atoms with E-state index in [-0.39, 0.29) is 16.9 Å². The van der Waals surface area contributed by atoms with Crippen molar-refractivity contribution in [3.63, 3.8) is 0 Å². The van der Waals surface area contributed by atoms with Gasteiger partial charge in [-0.1, -0.05) is 11.8 Å². The Bertz CT molecular complexity index is 990. The largest absolute Gasteiger partial charge is 0.338 e. The Kier molecular flexibility index (Phi) is 4.23. The van der Waals surface area contributed by atoms with Gasteiger partial charge in [0.2, 0.25) is 0 Å². The van der Waals surface area contributed by atoms with Gasteiger partial charge in [-0.2, -0.15) is 0 Å². The second-order valence-electron chi connectivity index (χ2n) is 5.18. The van der Waals surface area contributed by atoms with Crippen LogP contribution in [0, 0.1) is 11.6 Å². The van der Waals surface area contributed by atoms with E-state index in [4.69, 9.17) is 0 Å². The molecular formula is C16H14F2N4OS. The summed E-state index contributed by atoms with van der Waals surface area (Å²) in [5.41, 5.74) is 0.515. The number of pyridine rings is 1. The number of hydrogen-bond acceptors (Lipinski definition) is 5. The van der Waals surface area contributed by atoms with Crippen molar-refractivity contribution in [1.82, 2.24) is 14.5 Å². The minimum Gasteiger partial charge on any atom is -0.338 e. The van der Waals surface area contributed by atoms with Gasteiger partial charge in [-0.25, -0.2) is 18.7 Å². The van der Waals surface area contributed by atoms with Gasteiger partial charge in [0, 0.05) is 31.7 Å². The molecule has 5 nitrogen and oxygen atoms in total. The topological polar surface area (TPSA) is 51.0 Å². The highest BCUT2D eigenvalue weighted by Crippen LogP contribution is 2.26. The van der Waals surface area contributed by atoms with Crippen LogP contribution in [0.4, 0.5) is 20.2 Å². The van der Waals surface area contributed by atoms with Crippen LogP contribution in [-0.2, 0) is 7.05 Å². The third-order valence-corrected chi connectivity index (χ3v) is 4.28. The van der Waals surface area contributed by atoms with E-state index in [9.17, 15) is 13.6 Å². The van der Waals surface area contributed by atoms with Gasteiger partial charge in [-0.3, -0.25) is 9.36 Å². The maximum absolute atomic E-state index is 14.0. The summed E-state index contributed by atoms with van der Waals surface area (Å²) < 4.78 is 28.5. The molecule has 3 aromatic rings. The summed E-state index contributed by atoms with van der Waals surface area (Å²) in [5, 5.41) is 1.21. The van der Waals surface area contributed by atoms with E-state index in [0.717, 1.165) is 12.1 Å². The number of halogens is 2. The lowest BCUT2D eigenvalue weighted by Crippen LogP contribution is -2.26. The van der Waals surface area contributed by atoms with Crippen molar-refractivity contribution in [1.29, 1.82) is 0 Å². The second-order valence-corrected chi connectivity index (χ2v) is 5.96. The predicted octanol–water partition coefficient (Wildman–Crippen LogP) is 3.10. The summed E-state index contributed by atoms with van der Waals surface area (Å²) in [6.07, 6.45) is 3.46. The standard InChI is InChI=1S/C16H14F2N4OS/c1-21(12-5-4-10(17)7-11(12)18)13-6-9-8-19-16(24-3)20-14(9)22(2)15(13)23/h4-8H,1-3H3. The van der Waals surface area contributed by atoms with E-state index in [0.29, 0.717) is 16.2 Å². The summed E-state index contributed by atoms with van der Waals surface area (Å²) in [6, 6.07) is 4.83. The van der Waals surface area contributed by atoms with Crippen LogP contribution in [0.3, 0.4) is 0 Å². The molecule has 0 spiro atoms. The Morgan fingerprint density at radius 2 is 1.96 bits per heavy atom. The molecule has 2 heterocycles. The summed E-state index contributed by atoms with van der Waals surface area (Å²) in [7, 11) is 3.15. The van der Waals surface area contributed by atoms with E-state index < -0.39 is 11.6 Å². The number of fused-ring (bicyclic) bond motifs is 1. The van der Waals surface area contributed by atoms with Gasteiger partial charge in [0.15, 0.2) is 5.16 Å². The maximum atomic E-state index is 14.0. The second kappa shape index (κ2) is 6.20. The first-order chi connectivity index (χ1) is 11.4. The molecule has 0 bridgehead atoms. The monoisotopic (exact) mass is 348 g/mol. The Morgan fingerprint density at radius 1 is 1.21 bits per heavy atom. The first-order valence-electron chi connectivity index (χ1n) is 7.02. The van der Waals surface area contributed by atoms with E-state index in [1.807, 2.05) is 6.26 Å². The van der Waals surface area contributed by atoms with Crippen LogP contribution >= 0.6 is 11.8 Å². The Hall–Kier alpha value is -2.48. The van der Waals surface area contributed by atoms with Crippen LogP contribution < -0.4 is 10.5 Å². The lowest BCUT2D eigenvalue weighted by atomic mass is 10.2. The number of rotatable bonds is 3. The van der Waals surface area contributed by atoms with Crippen LogP contribution in [0.2, 0.25) is 0 Å². The molecule has 124 valence electrons. The van der Waals surface area contributed by atoms with Gasteiger partial charge in [0.05, 0.1) is 5.69 Å². The lowest BCUT2D eigenvalue weighted by Gasteiger charge is -2.20. The highest BCUT2D eigenvalue weighted by atomic mass is 32.2. The minimum atomic E-state index is -0.742. The van der Waals surface area contributed by atoms with Crippen LogP contribution in [0.5, 0.6) is 0 Å². The van der Waals surface area contributed by atoms with Crippen LogP contribution in [0.15, 0.2) is 40.4 Å². The Balaban J connectivity index is 2.19. The van der Waals surface area contributed by atoms with Gasteiger partial charge in [-0.05, 0) is 24.5 Å². The molecule has 8 heteroatoms. The predicted molar refractivity (Wildman–Crippen MR) is 91.0 cm³/mol. The van der Waals surface area contributed by atoms with Crippen molar-refractivity contribution < 1.29 is 8.78 Å². The van der Waals surface area contributed by atoms with Crippen molar-refractivity contribution in [3.8, 4) is 0 Å². The summed E-state index contributed by atoms with van der Waals surface area (Å²) in [4.78, 5) is 22.5. The van der Waals surface area contributed by atoms with Gasteiger partial charge in [-0.15, -0.1) is 0 Å². The fourth-order valence-electron chi connectivity index (χ4n) is 2.44. The van der Waals surface area contributed by atoms with E-state index in [1.165, 1.54) is 27.3 Å². The summed E-state index contributed by atoms with van der Waals surface area (Å²) >= 11 is 1.38. The third-order valence-electron chi connectivity index (χ3n) is 3.72. The Morgan fingerprint density at radius 3 is 2.62 bits per heavy atom. The molecule has 0 aliphatic heterocycles. The molecule has 0 saturated heterocycles. The van der Waals surface area contributed by atoms with Crippen molar-refractivity contribution in [2.24, 2.45) is 7.05 Å². The third kappa shape index (κ3) is 2.73. The maximum Gasteiger partial charge on any atom is 0.275 e. The molecule has 0 unspecified atom stereocenters. The van der Waals surface area contributed by atoms with Gasteiger partial charge in [0.25, 0.3) is 5.56 Å². The average Bonchev–Trinajstić information content (AvgIpc) is 2.57. The highest BCUT2D eigenvalue weighted by Gasteiger charge is 2.16. The molecule has 0 N–H and O–H groups in total. The number of aryl methyl sites for hydroxylation is 1. The molecule has 0 aliphatic rings. The molecule has 0 atom stereocenters. The fraction of sp³-hybridized carbons (Fsp3) is 0.188. The van der Waals surface area contributed by atoms with Crippen molar-refractivity contribution in [3.05, 3.63) is 52.5 Å². The number of benzene rings is 1. The summed E-state index contributed by atoms with van der Waals surface area (Å²) in [6.45, 7) is 0. The minimum absolute atomic E-state index is 0.106. The molecule has 24 heavy (non-hydrogen) atoms. The van der Waals surface area contributed by atoms with E-state index in [2.05, 4.69) is 9.97 Å². The molecule has 0 aliphatic carbocycles. The van der Waals surface area contributed by atoms with Gasteiger partial charge in [0.1, 0.15) is 23.0 Å². The van der Waals surface area contributed by atoms with E-state index in [1.54, 1.807) is 26.4 Å². The van der Waals surface area contributed by atoms with Crippen molar-refractivity contribution in [2.75, 3.05) is 18.2 Å². The zero-order valence-electron chi connectivity index (χ0n) is 13.2. The number of thioether (sulfide) groups is 1. The number of hydrogen-bond donors (Lipinski definition) is 0. The van der Waals surface area contributed by atoms with E-state index >= 15 is 0 Å². The first kappa shape index (κ1) is 16.4. The summed E-state index contributed by atoms with van der Waals surface area (Å²) in [5.74, 6) is -1.41. The highest BCUT2D eigenvalue weighted by molar-refractivity contribution is 7.98. The SMILES string of the molecule is CSc1ncc2cc(N(C)c3ccc(F)cc3F)c(=O)n(C)c2n1. The van der Waals surface area contributed by atoms with Crippen molar-refractivity contribution >= 4 is 34.2 Å². The zero-order valence-corrected chi connectivity index (χ0v) is 14.1. The molecule has 0 fully saturated rings. The quantitative estimate of drug-likeness (QED) is 0.538. The molecule has 3 rings (SSSR count). The first-order valence-corrected chi connectivity index (χ1v) is 8.24. The van der Waals surface area contributed by atoms with Crippen LogP contribution in [-0.4, -0.2) is 27.8 Å². The van der Waals surface area contributed by atoms with Gasteiger partial charge < -0.3 is 4.90 Å². The zero-order chi connectivity index (χ0) is 17.4. The van der Waals surface area contributed by atoms with Crippen LogP contribution in [0.25, 0.3) is 11.0 Å². The van der Waals surface area contributed by atoms with Crippen molar-refractivity contribution in [2.45, 2.75) is 5.16 Å². The molecule has 0 radical (unpaired) electrons. The average molecular weight is 348 g/mol. The smallest absolute Gasteiger partial charge is 0.275 e. The molecule has 0 saturated carbocycles. The molecule has 2 aromatic heterocycles. The number of aromatic nitrogens is 3. The normalized spacial score (nSPS) is 11.0. The van der Waals surface area contributed by atoms with Crippen LogP contribution in [0.1, 0.15) is 0 Å². The molecular weight excluding hydrogens is 334 g/mol. The number of nitrogens with zero attached hydrogens (tertiary/aromatic N) is 4. The molecule has 1 aromatic carbocycles. The lowest BCUT2D eigenvalue weighted by molar-refractivity contribution is 0.583. The Labute approximate surface area is 141 Å².